The fourth-order valence-corrected chi connectivity index (χ4v) is 2.28. The monoisotopic (exact) mass is 346 g/mol. The summed E-state index contributed by atoms with van der Waals surface area (Å²) in [5.74, 6) is -0.945. The third kappa shape index (κ3) is 3.53. The van der Waals surface area contributed by atoms with Gasteiger partial charge in [0.25, 0.3) is 0 Å². The molecule has 0 spiro atoms. The molecule has 0 aliphatic rings. The van der Waals surface area contributed by atoms with Crippen LogP contribution in [0.4, 0.5) is 8.78 Å². The van der Waals surface area contributed by atoms with Crippen LogP contribution in [0.3, 0.4) is 0 Å². The quantitative estimate of drug-likeness (QED) is 0.801. The molecule has 0 radical (unpaired) electrons. The maximum absolute atomic E-state index is 13.7. The van der Waals surface area contributed by atoms with E-state index in [4.69, 9.17) is 11.6 Å². The number of hydrogen-bond donors (Lipinski definition) is 1. The highest BCUT2D eigenvalue weighted by atomic mass is 79.9. The summed E-state index contributed by atoms with van der Waals surface area (Å²) in [5.41, 5.74) is 0.684. The molecule has 0 bridgehead atoms. The number of hydrogen-bond acceptors (Lipinski definition) is 1. The Morgan fingerprint density at radius 3 is 2.63 bits per heavy atom. The molecular weight excluding hydrogens is 338 g/mol. The summed E-state index contributed by atoms with van der Waals surface area (Å²) >= 11 is 8.98. The lowest BCUT2D eigenvalue weighted by atomic mass is 10.0. The van der Waals surface area contributed by atoms with E-state index in [1.54, 1.807) is 12.1 Å². The van der Waals surface area contributed by atoms with E-state index < -0.39 is 11.9 Å². The maximum atomic E-state index is 13.7. The molecule has 0 aromatic heterocycles. The molecule has 19 heavy (non-hydrogen) atoms. The van der Waals surface area contributed by atoms with Crippen molar-refractivity contribution in [1.29, 1.82) is 0 Å². The molecule has 0 aliphatic heterocycles. The zero-order valence-corrected chi connectivity index (χ0v) is 12.0. The first-order valence-electron chi connectivity index (χ1n) is 5.54. The summed E-state index contributed by atoms with van der Waals surface area (Å²) < 4.78 is 27.2. The molecule has 2 aromatic rings. The summed E-state index contributed by atoms with van der Waals surface area (Å²) in [5, 5.41) is 10.3. The fourth-order valence-electron chi connectivity index (χ4n) is 1.79. The van der Waals surface area contributed by atoms with Crippen LogP contribution in [0.15, 0.2) is 40.9 Å². The number of halogens is 4. The van der Waals surface area contributed by atoms with Crippen molar-refractivity contribution in [1.82, 2.24) is 0 Å². The van der Waals surface area contributed by atoms with E-state index in [-0.39, 0.29) is 17.8 Å². The van der Waals surface area contributed by atoms with E-state index in [0.717, 1.165) is 0 Å². The highest BCUT2D eigenvalue weighted by molar-refractivity contribution is 9.10. The molecule has 0 amide bonds. The third-order valence-electron chi connectivity index (χ3n) is 2.72. The molecule has 1 atom stereocenters. The average molecular weight is 348 g/mol. The van der Waals surface area contributed by atoms with E-state index in [2.05, 4.69) is 15.9 Å². The zero-order chi connectivity index (χ0) is 14.0. The first kappa shape index (κ1) is 14.4. The third-order valence-corrected chi connectivity index (χ3v) is 3.91. The van der Waals surface area contributed by atoms with Crippen molar-refractivity contribution in [2.45, 2.75) is 12.5 Å². The Kier molecular flexibility index (Phi) is 4.55. The minimum atomic E-state index is -1.08. The second kappa shape index (κ2) is 5.99. The van der Waals surface area contributed by atoms with Crippen molar-refractivity contribution < 1.29 is 13.9 Å². The summed E-state index contributed by atoms with van der Waals surface area (Å²) in [6.07, 6.45) is -0.959. The van der Waals surface area contributed by atoms with Crippen LogP contribution < -0.4 is 0 Å². The van der Waals surface area contributed by atoms with Crippen LogP contribution in [0.1, 0.15) is 17.2 Å². The predicted molar refractivity (Wildman–Crippen MR) is 74.2 cm³/mol. The van der Waals surface area contributed by atoms with Gasteiger partial charge < -0.3 is 5.11 Å². The first-order valence-corrected chi connectivity index (χ1v) is 6.71. The molecule has 2 rings (SSSR count). The summed E-state index contributed by atoms with van der Waals surface area (Å²) in [7, 11) is 0. The molecule has 2 aromatic carbocycles. The molecule has 0 aliphatic carbocycles. The van der Waals surface area contributed by atoms with Crippen molar-refractivity contribution >= 4 is 27.5 Å². The Balaban J connectivity index is 2.25. The van der Waals surface area contributed by atoms with Gasteiger partial charge in [0.2, 0.25) is 0 Å². The molecule has 0 saturated heterocycles. The van der Waals surface area contributed by atoms with E-state index in [1.807, 2.05) is 0 Å². The van der Waals surface area contributed by atoms with Gasteiger partial charge in [-0.15, -0.1) is 0 Å². The molecule has 5 heteroatoms. The van der Waals surface area contributed by atoms with E-state index in [1.165, 1.54) is 24.3 Å². The van der Waals surface area contributed by atoms with Crippen LogP contribution in [-0.2, 0) is 6.42 Å². The standard InChI is InChI=1S/C14H10BrClF2O/c15-11-7-13(18)10(6-12(11)16)14(19)5-8-2-1-3-9(17)4-8/h1-4,6-7,14,19H,5H2. The number of benzene rings is 2. The lowest BCUT2D eigenvalue weighted by molar-refractivity contribution is 0.173. The van der Waals surface area contributed by atoms with Crippen molar-refractivity contribution in [3.63, 3.8) is 0 Å². The summed E-state index contributed by atoms with van der Waals surface area (Å²) in [6.45, 7) is 0. The zero-order valence-electron chi connectivity index (χ0n) is 9.71. The van der Waals surface area contributed by atoms with Gasteiger partial charge >= 0.3 is 0 Å². The van der Waals surface area contributed by atoms with Crippen LogP contribution in [-0.4, -0.2) is 5.11 Å². The van der Waals surface area contributed by atoms with Crippen LogP contribution in [0, 0.1) is 11.6 Å². The van der Waals surface area contributed by atoms with Crippen LogP contribution in [0.25, 0.3) is 0 Å². The minimum Gasteiger partial charge on any atom is -0.388 e. The summed E-state index contributed by atoms with van der Waals surface area (Å²) in [6, 6.07) is 8.40. The van der Waals surface area contributed by atoms with Gasteiger partial charge in [-0.05, 0) is 45.8 Å². The first-order chi connectivity index (χ1) is 8.97. The van der Waals surface area contributed by atoms with Gasteiger partial charge in [0.15, 0.2) is 0 Å². The average Bonchev–Trinajstić information content (AvgIpc) is 2.33. The van der Waals surface area contributed by atoms with Gasteiger partial charge in [-0.3, -0.25) is 0 Å². The Labute approximate surface area is 123 Å². The van der Waals surface area contributed by atoms with Crippen LogP contribution in [0.2, 0.25) is 5.02 Å². The Morgan fingerprint density at radius 2 is 1.95 bits per heavy atom. The van der Waals surface area contributed by atoms with Gasteiger partial charge in [0.1, 0.15) is 11.6 Å². The second-order valence-electron chi connectivity index (χ2n) is 4.14. The van der Waals surface area contributed by atoms with E-state index in [9.17, 15) is 13.9 Å². The highest BCUT2D eigenvalue weighted by Gasteiger charge is 2.16. The van der Waals surface area contributed by atoms with Crippen LogP contribution in [0.5, 0.6) is 0 Å². The van der Waals surface area contributed by atoms with Crippen molar-refractivity contribution in [3.05, 3.63) is 68.7 Å². The molecule has 1 nitrogen and oxygen atoms in total. The van der Waals surface area contributed by atoms with Crippen molar-refractivity contribution in [3.8, 4) is 0 Å². The van der Waals surface area contributed by atoms with E-state index >= 15 is 0 Å². The van der Waals surface area contributed by atoms with Gasteiger partial charge in [-0.2, -0.15) is 0 Å². The molecule has 0 fully saturated rings. The molecule has 0 heterocycles. The lowest BCUT2D eigenvalue weighted by Gasteiger charge is -2.13. The van der Waals surface area contributed by atoms with Gasteiger partial charge in [0, 0.05) is 16.5 Å². The van der Waals surface area contributed by atoms with Gasteiger partial charge in [0.05, 0.1) is 11.1 Å². The SMILES string of the molecule is OC(Cc1cccc(F)c1)c1cc(Cl)c(Br)cc1F. The number of aliphatic hydroxyl groups is 1. The second-order valence-corrected chi connectivity index (χ2v) is 5.40. The van der Waals surface area contributed by atoms with Crippen molar-refractivity contribution in [2.75, 3.05) is 0 Å². The normalized spacial score (nSPS) is 12.5. The highest BCUT2D eigenvalue weighted by Crippen LogP contribution is 2.30. The molecule has 1 unspecified atom stereocenters. The minimum absolute atomic E-state index is 0.0949. The predicted octanol–water partition coefficient (Wildman–Crippen LogP) is 4.66. The molecule has 1 N–H and O–H groups in total. The molecule has 0 saturated carbocycles. The van der Waals surface area contributed by atoms with Gasteiger partial charge in [-0.25, -0.2) is 8.78 Å². The van der Waals surface area contributed by atoms with Gasteiger partial charge in [-0.1, -0.05) is 23.7 Å². The Morgan fingerprint density at radius 1 is 1.21 bits per heavy atom. The number of rotatable bonds is 3. The Hall–Kier alpha value is -0.970. The topological polar surface area (TPSA) is 20.2 Å². The molecular formula is C14H10BrClF2O. The smallest absolute Gasteiger partial charge is 0.130 e. The van der Waals surface area contributed by atoms with Crippen LogP contribution >= 0.6 is 27.5 Å². The fraction of sp³-hybridized carbons (Fsp3) is 0.143. The van der Waals surface area contributed by atoms with E-state index in [0.29, 0.717) is 15.1 Å². The number of aliphatic hydroxyl groups excluding tert-OH is 1. The van der Waals surface area contributed by atoms with Crippen molar-refractivity contribution in [2.24, 2.45) is 0 Å². The lowest BCUT2D eigenvalue weighted by Crippen LogP contribution is -2.05. The largest absolute Gasteiger partial charge is 0.388 e. The maximum Gasteiger partial charge on any atom is 0.130 e. The molecule has 100 valence electrons. The summed E-state index contributed by atoms with van der Waals surface area (Å²) in [4.78, 5) is 0. The Bertz CT molecular complexity index is 604.